The lowest BCUT2D eigenvalue weighted by Gasteiger charge is -2.29. The zero-order valence-corrected chi connectivity index (χ0v) is 18.9. The first-order chi connectivity index (χ1) is 13.2. The van der Waals surface area contributed by atoms with Gasteiger partial charge in [-0.2, -0.15) is 0 Å². The SMILES string of the molecule is CC.Cc1ccc(C(C)(C)c2ccc(C(C)(C)c3ccc(C)cc3)cc2)cc1. The normalized spacial score (nSPS) is 11.6. The zero-order chi connectivity index (χ0) is 20.9. The summed E-state index contributed by atoms with van der Waals surface area (Å²) >= 11 is 0. The standard InChI is InChI=1S/C26H30.C2H6/c1-19-7-11-21(12-8-19)25(3,4)23-15-17-24(18-16-23)26(5,6)22-13-9-20(2)10-14-22;1-2/h7-18H,1-6H3;1-2H3. The van der Waals surface area contributed by atoms with Crippen LogP contribution in [-0.2, 0) is 10.8 Å². The average Bonchev–Trinajstić information content (AvgIpc) is 2.70. The molecule has 0 N–H and O–H groups in total. The molecular formula is C28H36. The molecule has 0 aliphatic rings. The van der Waals surface area contributed by atoms with Crippen molar-refractivity contribution in [3.63, 3.8) is 0 Å². The lowest BCUT2D eigenvalue weighted by Crippen LogP contribution is -2.21. The monoisotopic (exact) mass is 372 g/mol. The molecule has 0 saturated carbocycles. The third-order valence-corrected chi connectivity index (χ3v) is 5.87. The molecule has 3 rings (SSSR count). The molecule has 0 nitrogen and oxygen atoms in total. The predicted molar refractivity (Wildman–Crippen MR) is 124 cm³/mol. The van der Waals surface area contributed by atoms with Gasteiger partial charge in [0.1, 0.15) is 0 Å². The largest absolute Gasteiger partial charge is 0.0683 e. The van der Waals surface area contributed by atoms with Gasteiger partial charge in [0.25, 0.3) is 0 Å². The van der Waals surface area contributed by atoms with Gasteiger partial charge in [-0.25, -0.2) is 0 Å². The van der Waals surface area contributed by atoms with Gasteiger partial charge in [-0.05, 0) is 36.1 Å². The van der Waals surface area contributed by atoms with Crippen molar-refractivity contribution in [2.75, 3.05) is 0 Å². The van der Waals surface area contributed by atoms with Crippen molar-refractivity contribution in [2.45, 2.75) is 66.2 Å². The fraction of sp³-hybridized carbons (Fsp3) is 0.357. The van der Waals surface area contributed by atoms with E-state index in [1.165, 1.54) is 33.4 Å². The predicted octanol–water partition coefficient (Wildman–Crippen LogP) is 7.98. The van der Waals surface area contributed by atoms with E-state index in [0.29, 0.717) is 0 Å². The van der Waals surface area contributed by atoms with Gasteiger partial charge in [0.2, 0.25) is 0 Å². The van der Waals surface area contributed by atoms with E-state index in [0.717, 1.165) is 0 Å². The fourth-order valence-corrected chi connectivity index (χ4v) is 3.58. The molecule has 0 heteroatoms. The second-order valence-corrected chi connectivity index (χ2v) is 8.56. The van der Waals surface area contributed by atoms with Crippen LogP contribution < -0.4 is 0 Å². The number of aryl methyl sites for hydroxylation is 2. The topological polar surface area (TPSA) is 0 Å². The summed E-state index contributed by atoms with van der Waals surface area (Å²) in [6.45, 7) is 17.5. The van der Waals surface area contributed by atoms with E-state index in [4.69, 9.17) is 0 Å². The lowest BCUT2D eigenvalue weighted by molar-refractivity contribution is 0.626. The Morgan fingerprint density at radius 2 is 0.571 bits per heavy atom. The molecule has 0 aliphatic heterocycles. The summed E-state index contributed by atoms with van der Waals surface area (Å²) in [6, 6.07) is 27.0. The maximum Gasteiger partial charge on any atom is 0.0146 e. The van der Waals surface area contributed by atoms with E-state index in [9.17, 15) is 0 Å². The molecule has 0 radical (unpaired) electrons. The minimum atomic E-state index is 0.000230. The summed E-state index contributed by atoms with van der Waals surface area (Å²) in [4.78, 5) is 0. The Bertz CT molecular complexity index is 784. The first kappa shape index (κ1) is 22.0. The summed E-state index contributed by atoms with van der Waals surface area (Å²) in [6.07, 6.45) is 0. The van der Waals surface area contributed by atoms with Crippen LogP contribution in [0.4, 0.5) is 0 Å². The molecule has 0 aromatic heterocycles. The second kappa shape index (κ2) is 8.78. The van der Waals surface area contributed by atoms with Crippen LogP contribution in [0.15, 0.2) is 72.8 Å². The maximum absolute atomic E-state index is 2.30. The van der Waals surface area contributed by atoms with E-state index < -0.39 is 0 Å². The Hall–Kier alpha value is -2.34. The van der Waals surface area contributed by atoms with E-state index in [1.54, 1.807) is 0 Å². The molecule has 0 unspecified atom stereocenters. The Morgan fingerprint density at radius 3 is 0.786 bits per heavy atom. The smallest absolute Gasteiger partial charge is 0.0146 e. The summed E-state index contributed by atoms with van der Waals surface area (Å²) in [5, 5.41) is 0. The molecule has 0 saturated heterocycles. The number of benzene rings is 3. The van der Waals surface area contributed by atoms with Crippen LogP contribution in [-0.4, -0.2) is 0 Å². The van der Waals surface area contributed by atoms with Crippen LogP contribution in [0.25, 0.3) is 0 Å². The molecule has 0 aliphatic carbocycles. The van der Waals surface area contributed by atoms with Crippen LogP contribution in [0, 0.1) is 13.8 Å². The number of rotatable bonds is 4. The molecule has 28 heavy (non-hydrogen) atoms. The average molecular weight is 373 g/mol. The summed E-state index contributed by atoms with van der Waals surface area (Å²) < 4.78 is 0. The van der Waals surface area contributed by atoms with E-state index >= 15 is 0 Å². The van der Waals surface area contributed by atoms with Crippen LogP contribution in [0.1, 0.15) is 74.9 Å². The van der Waals surface area contributed by atoms with Crippen molar-refractivity contribution in [3.05, 3.63) is 106 Å². The minimum absolute atomic E-state index is 0.000230. The first-order valence-electron chi connectivity index (χ1n) is 10.5. The number of hydrogen-bond acceptors (Lipinski definition) is 0. The molecule has 148 valence electrons. The second-order valence-electron chi connectivity index (χ2n) is 8.56. The molecule has 0 fully saturated rings. The van der Waals surface area contributed by atoms with E-state index in [1.807, 2.05) is 13.8 Å². The molecule has 3 aromatic carbocycles. The zero-order valence-electron chi connectivity index (χ0n) is 18.9. The Balaban J connectivity index is 0.00000136. The summed E-state index contributed by atoms with van der Waals surface area (Å²) in [5.41, 5.74) is 8.02. The van der Waals surface area contributed by atoms with Gasteiger partial charge >= 0.3 is 0 Å². The minimum Gasteiger partial charge on any atom is -0.0683 e. The lowest BCUT2D eigenvalue weighted by atomic mass is 9.74. The van der Waals surface area contributed by atoms with Crippen molar-refractivity contribution < 1.29 is 0 Å². The van der Waals surface area contributed by atoms with Crippen molar-refractivity contribution in [2.24, 2.45) is 0 Å². The quantitative estimate of drug-likeness (QED) is 0.435. The highest BCUT2D eigenvalue weighted by molar-refractivity contribution is 5.43. The molecular weight excluding hydrogens is 336 g/mol. The van der Waals surface area contributed by atoms with Gasteiger partial charge in [0.05, 0.1) is 0 Å². The van der Waals surface area contributed by atoms with Gasteiger partial charge in [-0.1, -0.05) is 125 Å². The van der Waals surface area contributed by atoms with Crippen molar-refractivity contribution in [1.82, 2.24) is 0 Å². The van der Waals surface area contributed by atoms with E-state index in [2.05, 4.69) is 114 Å². The Morgan fingerprint density at radius 1 is 0.393 bits per heavy atom. The van der Waals surface area contributed by atoms with Gasteiger partial charge in [-0.15, -0.1) is 0 Å². The summed E-state index contributed by atoms with van der Waals surface area (Å²) in [5.74, 6) is 0. The van der Waals surface area contributed by atoms with Crippen LogP contribution >= 0.6 is 0 Å². The van der Waals surface area contributed by atoms with E-state index in [-0.39, 0.29) is 10.8 Å². The van der Waals surface area contributed by atoms with Crippen LogP contribution in [0.2, 0.25) is 0 Å². The Labute approximate surface area is 172 Å². The summed E-state index contributed by atoms with van der Waals surface area (Å²) in [7, 11) is 0. The van der Waals surface area contributed by atoms with Gasteiger partial charge in [0, 0.05) is 10.8 Å². The first-order valence-corrected chi connectivity index (χ1v) is 10.5. The molecule has 0 heterocycles. The van der Waals surface area contributed by atoms with Gasteiger partial charge in [-0.3, -0.25) is 0 Å². The Kier molecular flexibility index (Phi) is 6.88. The highest BCUT2D eigenvalue weighted by Gasteiger charge is 2.26. The molecule has 0 spiro atoms. The van der Waals surface area contributed by atoms with Crippen LogP contribution in [0.3, 0.4) is 0 Å². The third kappa shape index (κ3) is 4.55. The highest BCUT2D eigenvalue weighted by Crippen LogP contribution is 2.35. The van der Waals surface area contributed by atoms with Gasteiger partial charge < -0.3 is 0 Å². The molecule has 0 amide bonds. The fourth-order valence-electron chi connectivity index (χ4n) is 3.58. The number of hydrogen-bond donors (Lipinski definition) is 0. The third-order valence-electron chi connectivity index (χ3n) is 5.87. The highest BCUT2D eigenvalue weighted by atomic mass is 14.3. The van der Waals surface area contributed by atoms with Crippen molar-refractivity contribution >= 4 is 0 Å². The molecule has 3 aromatic rings. The van der Waals surface area contributed by atoms with Crippen molar-refractivity contribution in [3.8, 4) is 0 Å². The van der Waals surface area contributed by atoms with Gasteiger partial charge in [0.15, 0.2) is 0 Å². The maximum atomic E-state index is 2.30. The molecule has 0 bridgehead atoms. The molecule has 0 atom stereocenters. The van der Waals surface area contributed by atoms with Crippen molar-refractivity contribution in [1.29, 1.82) is 0 Å². The van der Waals surface area contributed by atoms with Crippen LogP contribution in [0.5, 0.6) is 0 Å².